The number of carbonyl (C=O) groups is 1. The molecule has 0 radical (unpaired) electrons. The molecule has 2 aromatic rings. The molecular weight excluding hydrogens is 373 g/mol. The molecule has 0 aliphatic carbocycles. The van der Waals surface area contributed by atoms with E-state index in [1.165, 1.54) is 0 Å². The van der Waals surface area contributed by atoms with E-state index >= 15 is 0 Å². The largest absolute Gasteiger partial charge is 0.441 e. The van der Waals surface area contributed by atoms with E-state index in [1.807, 2.05) is 37.4 Å². The molecule has 0 saturated carbocycles. The van der Waals surface area contributed by atoms with Crippen molar-refractivity contribution in [2.45, 2.75) is 33.1 Å². The summed E-state index contributed by atoms with van der Waals surface area (Å²) in [5, 5.41) is 0. The molecule has 7 heteroatoms. The molecule has 0 saturated heterocycles. The number of hydrogen-bond donors (Lipinski definition) is 1. The highest BCUT2D eigenvalue weighted by molar-refractivity contribution is 5.85. The third-order valence-corrected chi connectivity index (χ3v) is 4.04. The molecule has 5 nitrogen and oxygen atoms in total. The zero-order valence-electron chi connectivity index (χ0n) is 15.6. The van der Waals surface area contributed by atoms with Crippen molar-refractivity contribution < 1.29 is 9.21 Å². The van der Waals surface area contributed by atoms with Gasteiger partial charge in [0.15, 0.2) is 11.7 Å². The molecule has 0 aliphatic rings. The van der Waals surface area contributed by atoms with Gasteiger partial charge in [0.2, 0.25) is 5.91 Å². The van der Waals surface area contributed by atoms with Crippen LogP contribution in [0.1, 0.15) is 32.6 Å². The fourth-order valence-corrected chi connectivity index (χ4v) is 2.54. The van der Waals surface area contributed by atoms with Crippen molar-refractivity contribution in [2.24, 2.45) is 11.1 Å². The highest BCUT2D eigenvalue weighted by Crippen LogP contribution is 2.20. The first-order valence-corrected chi connectivity index (χ1v) is 8.35. The molecule has 1 heterocycles. The van der Waals surface area contributed by atoms with Crippen LogP contribution in [0.3, 0.4) is 0 Å². The average molecular weight is 402 g/mol. The molecule has 1 aromatic carbocycles. The fourth-order valence-electron chi connectivity index (χ4n) is 2.54. The molecule has 2 rings (SSSR count). The highest BCUT2D eigenvalue weighted by Gasteiger charge is 2.20. The van der Waals surface area contributed by atoms with E-state index in [-0.39, 0.29) is 36.1 Å². The van der Waals surface area contributed by atoms with Crippen LogP contribution in [0.15, 0.2) is 40.9 Å². The van der Waals surface area contributed by atoms with E-state index in [9.17, 15) is 4.79 Å². The third-order valence-electron chi connectivity index (χ3n) is 4.04. The van der Waals surface area contributed by atoms with Gasteiger partial charge in [-0.25, -0.2) is 4.98 Å². The van der Waals surface area contributed by atoms with Gasteiger partial charge in [-0.3, -0.25) is 4.79 Å². The molecule has 0 spiro atoms. The molecule has 1 aromatic heterocycles. The van der Waals surface area contributed by atoms with Gasteiger partial charge < -0.3 is 15.1 Å². The number of amides is 1. The number of halogens is 2. The van der Waals surface area contributed by atoms with Crippen molar-refractivity contribution >= 4 is 30.7 Å². The lowest BCUT2D eigenvalue weighted by Gasteiger charge is -2.29. The molecule has 2 N–H and O–H groups in total. The topological polar surface area (TPSA) is 72.4 Å². The zero-order chi connectivity index (χ0) is 17.6. The SMILES string of the molecule is CN(CC(C)(C)CN)C(=O)CCCc1ncc(-c2ccccc2)o1.Cl.Cl. The van der Waals surface area contributed by atoms with E-state index in [0.717, 1.165) is 17.7 Å². The van der Waals surface area contributed by atoms with Crippen molar-refractivity contribution in [3.63, 3.8) is 0 Å². The van der Waals surface area contributed by atoms with E-state index in [4.69, 9.17) is 10.2 Å². The number of nitrogens with two attached hydrogens (primary N) is 1. The number of aryl methyl sites for hydroxylation is 1. The van der Waals surface area contributed by atoms with Crippen molar-refractivity contribution in [1.82, 2.24) is 9.88 Å². The minimum atomic E-state index is -0.0580. The standard InChI is InChI=1S/C19H27N3O2.2ClH/c1-19(2,13-20)14-22(3)18(23)11-7-10-17-21-12-16(24-17)15-8-5-4-6-9-15;;/h4-6,8-9,12H,7,10-11,13-14,20H2,1-3H3;2*1H. The lowest BCUT2D eigenvalue weighted by Crippen LogP contribution is -2.39. The summed E-state index contributed by atoms with van der Waals surface area (Å²) >= 11 is 0. The monoisotopic (exact) mass is 401 g/mol. The Morgan fingerprint density at radius 2 is 1.88 bits per heavy atom. The van der Waals surface area contributed by atoms with Gasteiger partial charge in [0.25, 0.3) is 0 Å². The molecule has 0 aliphatic heterocycles. The lowest BCUT2D eigenvalue weighted by molar-refractivity contribution is -0.131. The Labute approximate surface area is 168 Å². The Morgan fingerprint density at radius 3 is 2.50 bits per heavy atom. The number of carbonyl (C=O) groups excluding carboxylic acids is 1. The summed E-state index contributed by atoms with van der Waals surface area (Å²) in [4.78, 5) is 18.2. The summed E-state index contributed by atoms with van der Waals surface area (Å²) < 4.78 is 5.76. The molecular formula is C19H29Cl2N3O2. The number of rotatable bonds is 8. The van der Waals surface area contributed by atoms with Crippen molar-refractivity contribution in [3.8, 4) is 11.3 Å². The van der Waals surface area contributed by atoms with Crippen LogP contribution < -0.4 is 5.73 Å². The Morgan fingerprint density at radius 1 is 1.23 bits per heavy atom. The second-order valence-corrected chi connectivity index (χ2v) is 6.96. The summed E-state index contributed by atoms with van der Waals surface area (Å²) in [7, 11) is 1.83. The molecule has 1 amide bonds. The minimum absolute atomic E-state index is 0. The molecule has 26 heavy (non-hydrogen) atoms. The predicted molar refractivity (Wildman–Crippen MR) is 110 cm³/mol. The van der Waals surface area contributed by atoms with Crippen molar-refractivity contribution in [2.75, 3.05) is 20.1 Å². The first kappa shape index (κ1) is 24.4. The highest BCUT2D eigenvalue weighted by atomic mass is 35.5. The van der Waals surface area contributed by atoms with E-state index in [2.05, 4.69) is 18.8 Å². The summed E-state index contributed by atoms with van der Waals surface area (Å²) in [6, 6.07) is 9.88. The predicted octanol–water partition coefficient (Wildman–Crippen LogP) is 3.95. The Bertz CT molecular complexity index is 660. The van der Waals surface area contributed by atoms with Crippen LogP contribution in [0.5, 0.6) is 0 Å². The quantitative estimate of drug-likeness (QED) is 0.726. The van der Waals surface area contributed by atoms with Gasteiger partial charge in [-0.05, 0) is 18.4 Å². The van der Waals surface area contributed by atoms with Gasteiger partial charge in [-0.1, -0.05) is 44.2 Å². The van der Waals surface area contributed by atoms with Gasteiger partial charge in [-0.2, -0.15) is 0 Å². The van der Waals surface area contributed by atoms with Crippen LogP contribution in [0, 0.1) is 5.41 Å². The zero-order valence-corrected chi connectivity index (χ0v) is 17.2. The number of hydrogen-bond acceptors (Lipinski definition) is 4. The lowest BCUT2D eigenvalue weighted by atomic mass is 9.93. The second kappa shape index (κ2) is 11.2. The fraction of sp³-hybridized carbons (Fsp3) is 0.474. The van der Waals surface area contributed by atoms with Crippen LogP contribution in [0.2, 0.25) is 0 Å². The number of nitrogens with zero attached hydrogens (tertiary/aromatic N) is 2. The first-order chi connectivity index (χ1) is 11.4. The van der Waals surface area contributed by atoms with E-state index < -0.39 is 0 Å². The van der Waals surface area contributed by atoms with Gasteiger partial charge in [0, 0.05) is 32.0 Å². The average Bonchev–Trinajstić information content (AvgIpc) is 3.04. The normalized spacial score (nSPS) is 10.6. The summed E-state index contributed by atoms with van der Waals surface area (Å²) in [5.41, 5.74) is 6.67. The maximum Gasteiger partial charge on any atom is 0.222 e. The smallest absolute Gasteiger partial charge is 0.222 e. The van der Waals surface area contributed by atoms with Gasteiger partial charge in [-0.15, -0.1) is 24.8 Å². The number of aromatic nitrogens is 1. The molecule has 0 bridgehead atoms. The van der Waals surface area contributed by atoms with Crippen molar-refractivity contribution in [1.29, 1.82) is 0 Å². The van der Waals surface area contributed by atoms with Gasteiger partial charge >= 0.3 is 0 Å². The molecule has 146 valence electrons. The summed E-state index contributed by atoms with van der Waals surface area (Å²) in [6.45, 7) is 5.35. The van der Waals surface area contributed by atoms with Crippen LogP contribution in [-0.4, -0.2) is 35.9 Å². The van der Waals surface area contributed by atoms with Crippen LogP contribution in [-0.2, 0) is 11.2 Å². The summed E-state index contributed by atoms with van der Waals surface area (Å²) in [6.07, 6.45) is 3.61. The molecule has 0 atom stereocenters. The van der Waals surface area contributed by atoms with E-state index in [1.54, 1.807) is 11.1 Å². The van der Waals surface area contributed by atoms with Gasteiger partial charge in [0.05, 0.1) is 6.20 Å². The van der Waals surface area contributed by atoms with Crippen LogP contribution in [0.4, 0.5) is 0 Å². The maximum absolute atomic E-state index is 12.2. The van der Waals surface area contributed by atoms with E-state index in [0.29, 0.717) is 31.8 Å². The van der Waals surface area contributed by atoms with Crippen LogP contribution >= 0.6 is 24.8 Å². The third kappa shape index (κ3) is 7.36. The Kier molecular flexibility index (Phi) is 10.5. The second-order valence-electron chi connectivity index (χ2n) is 6.96. The number of benzene rings is 1. The Hall–Kier alpha value is -1.56. The van der Waals surface area contributed by atoms with Crippen molar-refractivity contribution in [3.05, 3.63) is 42.4 Å². The van der Waals surface area contributed by atoms with Gasteiger partial charge in [0.1, 0.15) is 0 Å². The molecule has 0 unspecified atom stereocenters. The maximum atomic E-state index is 12.2. The van der Waals surface area contributed by atoms with Crippen LogP contribution in [0.25, 0.3) is 11.3 Å². The number of oxazole rings is 1. The summed E-state index contributed by atoms with van der Waals surface area (Å²) in [5.74, 6) is 1.57. The minimum Gasteiger partial charge on any atom is -0.441 e. The first-order valence-electron chi connectivity index (χ1n) is 8.35. The molecule has 0 fully saturated rings. The Balaban J connectivity index is 0.00000312.